The minimum atomic E-state index is -5.45. The Kier molecular flexibility index (Phi) is 4.99. The summed E-state index contributed by atoms with van der Waals surface area (Å²) in [5, 5.41) is 16.4. The molecular formula is C8H8F6O4. The predicted molar refractivity (Wildman–Crippen MR) is 43.6 cm³/mol. The van der Waals surface area contributed by atoms with E-state index in [0.29, 0.717) is 0 Å². The second-order valence-corrected chi connectivity index (χ2v) is 3.49. The molecule has 0 fully saturated rings. The average molecular weight is 282 g/mol. The number of halogens is 6. The smallest absolute Gasteiger partial charge is 0.393 e. The maximum Gasteiger partial charge on any atom is 0.393 e. The first-order valence-electron chi connectivity index (χ1n) is 4.42. The second kappa shape index (κ2) is 5.44. The van der Waals surface area contributed by atoms with Gasteiger partial charge in [-0.05, 0) is 0 Å². The highest BCUT2D eigenvalue weighted by molar-refractivity contribution is 5.69. The third kappa shape index (κ3) is 5.23. The summed E-state index contributed by atoms with van der Waals surface area (Å²) in [6.07, 6.45) is -14.6. The summed E-state index contributed by atoms with van der Waals surface area (Å²) in [4.78, 5) is 20.3. The Balaban J connectivity index is 5.34. The first-order valence-corrected chi connectivity index (χ1v) is 4.42. The van der Waals surface area contributed by atoms with Gasteiger partial charge in [-0.25, -0.2) is 0 Å². The molecule has 0 aliphatic rings. The van der Waals surface area contributed by atoms with Crippen LogP contribution in [0.5, 0.6) is 0 Å². The molecule has 0 radical (unpaired) electrons. The van der Waals surface area contributed by atoms with Crippen molar-refractivity contribution >= 4 is 11.9 Å². The molecule has 18 heavy (non-hydrogen) atoms. The van der Waals surface area contributed by atoms with E-state index in [0.717, 1.165) is 0 Å². The highest BCUT2D eigenvalue weighted by Gasteiger charge is 2.56. The Morgan fingerprint density at radius 1 is 0.778 bits per heavy atom. The predicted octanol–water partition coefficient (Wildman–Crippen LogP) is 2.29. The summed E-state index contributed by atoms with van der Waals surface area (Å²) >= 11 is 0. The van der Waals surface area contributed by atoms with E-state index in [1.165, 1.54) is 0 Å². The third-order valence-electron chi connectivity index (χ3n) is 2.12. The van der Waals surface area contributed by atoms with Gasteiger partial charge in [0, 0.05) is 0 Å². The van der Waals surface area contributed by atoms with Crippen LogP contribution >= 0.6 is 0 Å². The maximum absolute atomic E-state index is 12.4. The Morgan fingerprint density at radius 2 is 1.00 bits per heavy atom. The number of carboxylic acid groups (broad SMARTS) is 2. The molecule has 0 aliphatic carbocycles. The van der Waals surface area contributed by atoms with E-state index in [-0.39, 0.29) is 0 Å². The lowest BCUT2D eigenvalue weighted by atomic mass is 9.85. The van der Waals surface area contributed by atoms with E-state index < -0.39 is 49.0 Å². The second-order valence-electron chi connectivity index (χ2n) is 3.49. The quantitative estimate of drug-likeness (QED) is 0.759. The Morgan fingerprint density at radius 3 is 1.11 bits per heavy atom. The minimum Gasteiger partial charge on any atom is -0.481 e. The fraction of sp³-hybridized carbons (Fsp3) is 0.750. The molecule has 0 aliphatic heterocycles. The molecule has 0 aromatic heterocycles. The molecule has 0 spiro atoms. The number of carboxylic acids is 2. The Bertz CT molecular complexity index is 289. The molecular weight excluding hydrogens is 274 g/mol. The van der Waals surface area contributed by atoms with Gasteiger partial charge in [0.15, 0.2) is 0 Å². The van der Waals surface area contributed by atoms with Crippen molar-refractivity contribution in [3.8, 4) is 0 Å². The van der Waals surface area contributed by atoms with Crippen molar-refractivity contribution in [3.05, 3.63) is 0 Å². The summed E-state index contributed by atoms with van der Waals surface area (Å²) in [5.74, 6) is -10.7. The maximum atomic E-state index is 12.4. The van der Waals surface area contributed by atoms with Crippen LogP contribution in [0.4, 0.5) is 26.3 Å². The topological polar surface area (TPSA) is 74.6 Å². The lowest BCUT2D eigenvalue weighted by Crippen LogP contribution is -2.41. The minimum absolute atomic E-state index is 1.83. The van der Waals surface area contributed by atoms with Gasteiger partial charge in [-0.1, -0.05) is 0 Å². The lowest BCUT2D eigenvalue weighted by Gasteiger charge is -2.28. The highest BCUT2D eigenvalue weighted by atomic mass is 19.4. The molecule has 0 heterocycles. The molecule has 0 rings (SSSR count). The summed E-state index contributed by atoms with van der Waals surface area (Å²) in [6, 6.07) is 0. The van der Waals surface area contributed by atoms with Crippen molar-refractivity contribution in [2.45, 2.75) is 25.2 Å². The lowest BCUT2D eigenvalue weighted by molar-refractivity contribution is -0.256. The zero-order valence-electron chi connectivity index (χ0n) is 8.55. The number of aliphatic carboxylic acids is 2. The van der Waals surface area contributed by atoms with E-state index in [1.807, 2.05) is 0 Å². The van der Waals surface area contributed by atoms with Crippen molar-refractivity contribution in [2.75, 3.05) is 0 Å². The zero-order valence-corrected chi connectivity index (χ0v) is 8.55. The number of hydrogen-bond acceptors (Lipinski definition) is 2. The van der Waals surface area contributed by atoms with Crippen LogP contribution in [-0.4, -0.2) is 34.5 Å². The van der Waals surface area contributed by atoms with Crippen molar-refractivity contribution in [1.29, 1.82) is 0 Å². The monoisotopic (exact) mass is 282 g/mol. The standard InChI is InChI=1S/C8H8F6O4/c9-7(10,11)3(1-5(15)16)4(2-6(17)18)8(12,13)14/h3-4H,1-2H2,(H,15,16)(H,17,18)/t3-,4-/m0/s1. The van der Waals surface area contributed by atoms with Gasteiger partial charge in [0.1, 0.15) is 0 Å². The molecule has 10 heteroatoms. The van der Waals surface area contributed by atoms with E-state index in [9.17, 15) is 35.9 Å². The van der Waals surface area contributed by atoms with E-state index >= 15 is 0 Å². The van der Waals surface area contributed by atoms with Gasteiger partial charge in [-0.2, -0.15) is 26.3 Å². The van der Waals surface area contributed by atoms with E-state index in [4.69, 9.17) is 10.2 Å². The van der Waals surface area contributed by atoms with Crippen LogP contribution in [0.3, 0.4) is 0 Å². The van der Waals surface area contributed by atoms with Crippen molar-refractivity contribution in [1.82, 2.24) is 0 Å². The van der Waals surface area contributed by atoms with Crippen molar-refractivity contribution in [3.63, 3.8) is 0 Å². The number of hydrogen-bond donors (Lipinski definition) is 2. The number of carbonyl (C=O) groups is 2. The fourth-order valence-corrected chi connectivity index (χ4v) is 1.35. The van der Waals surface area contributed by atoms with Gasteiger partial charge >= 0.3 is 24.3 Å². The molecule has 4 nitrogen and oxygen atoms in total. The van der Waals surface area contributed by atoms with Crippen LogP contribution < -0.4 is 0 Å². The normalized spacial score (nSPS) is 16.1. The molecule has 2 atom stereocenters. The van der Waals surface area contributed by atoms with Crippen LogP contribution in [0.15, 0.2) is 0 Å². The summed E-state index contributed by atoms with van der Waals surface area (Å²) in [6.45, 7) is 0. The van der Waals surface area contributed by atoms with Gasteiger partial charge in [0.05, 0.1) is 24.7 Å². The van der Waals surface area contributed by atoms with Crippen LogP contribution in [0.2, 0.25) is 0 Å². The van der Waals surface area contributed by atoms with Crippen LogP contribution in [0.1, 0.15) is 12.8 Å². The van der Waals surface area contributed by atoms with Gasteiger partial charge in [-0.3, -0.25) is 9.59 Å². The van der Waals surface area contributed by atoms with Crippen molar-refractivity contribution in [2.24, 2.45) is 11.8 Å². The van der Waals surface area contributed by atoms with Crippen LogP contribution in [0, 0.1) is 11.8 Å². The molecule has 0 unspecified atom stereocenters. The number of rotatable bonds is 5. The average Bonchev–Trinajstić information content (AvgIpc) is 2.06. The first kappa shape index (κ1) is 16.5. The van der Waals surface area contributed by atoms with Crippen molar-refractivity contribution < 1.29 is 46.1 Å². The van der Waals surface area contributed by atoms with E-state index in [2.05, 4.69) is 0 Å². The zero-order chi connectivity index (χ0) is 14.7. The molecule has 0 saturated carbocycles. The Hall–Kier alpha value is -1.48. The molecule has 0 aromatic carbocycles. The van der Waals surface area contributed by atoms with Crippen LogP contribution in [-0.2, 0) is 9.59 Å². The number of alkyl halides is 6. The molecule has 0 saturated heterocycles. The molecule has 106 valence electrons. The fourth-order valence-electron chi connectivity index (χ4n) is 1.35. The SMILES string of the molecule is O=C(O)C[C@@H]([C@H](CC(=O)O)C(F)(F)F)C(F)(F)F. The molecule has 0 bridgehead atoms. The van der Waals surface area contributed by atoms with Crippen LogP contribution in [0.25, 0.3) is 0 Å². The van der Waals surface area contributed by atoms with Gasteiger partial charge in [0.25, 0.3) is 0 Å². The summed E-state index contributed by atoms with van der Waals surface area (Å²) in [7, 11) is 0. The Labute approximate surface area is 96.2 Å². The highest BCUT2D eigenvalue weighted by Crippen LogP contribution is 2.44. The van der Waals surface area contributed by atoms with Gasteiger partial charge in [0.2, 0.25) is 0 Å². The third-order valence-corrected chi connectivity index (χ3v) is 2.12. The van der Waals surface area contributed by atoms with E-state index in [1.54, 1.807) is 0 Å². The molecule has 0 amide bonds. The molecule has 0 aromatic rings. The van der Waals surface area contributed by atoms with Gasteiger partial charge < -0.3 is 10.2 Å². The summed E-state index contributed by atoms with van der Waals surface area (Å²) in [5.41, 5.74) is 0. The van der Waals surface area contributed by atoms with Gasteiger partial charge in [-0.15, -0.1) is 0 Å². The summed E-state index contributed by atoms with van der Waals surface area (Å²) < 4.78 is 74.1. The largest absolute Gasteiger partial charge is 0.481 e. The molecule has 2 N–H and O–H groups in total. The first-order chi connectivity index (χ1) is 7.85.